The number of carbonyl (C=O) groups excluding carboxylic acids is 1. The van der Waals surface area contributed by atoms with E-state index in [9.17, 15) is 4.79 Å². The van der Waals surface area contributed by atoms with Crippen LogP contribution in [0.25, 0.3) is 0 Å². The van der Waals surface area contributed by atoms with Gasteiger partial charge in [0.25, 0.3) is 0 Å². The molecule has 1 saturated heterocycles. The molecule has 2 fully saturated rings. The second-order valence-corrected chi connectivity index (χ2v) is 6.48. The van der Waals surface area contributed by atoms with Crippen molar-refractivity contribution in [1.29, 1.82) is 0 Å². The maximum absolute atomic E-state index is 12.5. The molecule has 1 aromatic carbocycles. The van der Waals surface area contributed by atoms with E-state index in [1.165, 1.54) is 31.2 Å². The Morgan fingerprint density at radius 2 is 1.71 bits per heavy atom. The number of hydrogen-bond acceptors (Lipinski definition) is 1. The lowest BCUT2D eigenvalue weighted by Crippen LogP contribution is -2.45. The molecular weight excluding hydrogens is 260 g/mol. The average molecular weight is 286 g/mol. The lowest BCUT2D eigenvalue weighted by Gasteiger charge is -2.26. The lowest BCUT2D eigenvalue weighted by molar-refractivity contribution is 0.193. The van der Waals surface area contributed by atoms with Crippen LogP contribution >= 0.6 is 0 Å². The molecule has 3 nitrogen and oxygen atoms in total. The fraction of sp³-hybridized carbons (Fsp3) is 0.611. The molecule has 0 unspecified atom stereocenters. The first-order valence-corrected chi connectivity index (χ1v) is 8.43. The van der Waals surface area contributed by atoms with Crippen molar-refractivity contribution in [2.75, 3.05) is 13.1 Å². The Bertz CT molecular complexity index is 454. The Kier molecular flexibility index (Phi) is 4.79. The minimum Gasteiger partial charge on any atom is -0.335 e. The predicted octanol–water partition coefficient (Wildman–Crippen LogP) is 3.91. The zero-order chi connectivity index (χ0) is 14.5. The highest BCUT2D eigenvalue weighted by molar-refractivity contribution is 5.74. The summed E-state index contributed by atoms with van der Waals surface area (Å²) in [4.78, 5) is 14.5. The third kappa shape index (κ3) is 3.78. The average Bonchev–Trinajstić information content (AvgIpc) is 2.89. The SMILES string of the molecule is O=C(NC1CCCC1)N1CCCC[C@@H](c2ccccc2)C1. The van der Waals surface area contributed by atoms with Crippen molar-refractivity contribution in [1.82, 2.24) is 10.2 Å². The summed E-state index contributed by atoms with van der Waals surface area (Å²) in [6, 6.07) is 11.2. The number of hydrogen-bond donors (Lipinski definition) is 1. The van der Waals surface area contributed by atoms with Gasteiger partial charge in [-0.15, -0.1) is 0 Å². The highest BCUT2D eigenvalue weighted by Gasteiger charge is 2.25. The number of amides is 2. The van der Waals surface area contributed by atoms with Crippen molar-refractivity contribution in [3.8, 4) is 0 Å². The molecule has 1 atom stereocenters. The van der Waals surface area contributed by atoms with Crippen LogP contribution in [-0.4, -0.2) is 30.1 Å². The normalized spacial score (nSPS) is 23.8. The molecule has 2 amide bonds. The standard InChI is InChI=1S/C18H26N2O/c21-18(19-17-11-4-5-12-17)20-13-7-6-10-16(14-20)15-8-2-1-3-9-15/h1-3,8-9,16-17H,4-7,10-14H2,(H,19,21)/t16-/m1/s1. The van der Waals surface area contributed by atoms with E-state index in [4.69, 9.17) is 0 Å². The van der Waals surface area contributed by atoms with Crippen molar-refractivity contribution >= 4 is 6.03 Å². The van der Waals surface area contributed by atoms with Crippen LogP contribution in [0.5, 0.6) is 0 Å². The van der Waals surface area contributed by atoms with E-state index in [0.717, 1.165) is 32.4 Å². The van der Waals surface area contributed by atoms with E-state index in [1.54, 1.807) is 0 Å². The number of nitrogens with zero attached hydrogens (tertiary/aromatic N) is 1. The van der Waals surface area contributed by atoms with Crippen molar-refractivity contribution in [2.24, 2.45) is 0 Å². The molecule has 21 heavy (non-hydrogen) atoms. The van der Waals surface area contributed by atoms with Crippen LogP contribution < -0.4 is 5.32 Å². The number of carbonyl (C=O) groups is 1. The van der Waals surface area contributed by atoms with Crippen molar-refractivity contribution in [3.05, 3.63) is 35.9 Å². The Morgan fingerprint density at radius 1 is 1.00 bits per heavy atom. The summed E-state index contributed by atoms with van der Waals surface area (Å²) in [6.07, 6.45) is 8.37. The van der Waals surface area contributed by atoms with Gasteiger partial charge in [-0.2, -0.15) is 0 Å². The van der Waals surface area contributed by atoms with Crippen LogP contribution in [0.1, 0.15) is 56.4 Å². The quantitative estimate of drug-likeness (QED) is 0.878. The summed E-state index contributed by atoms with van der Waals surface area (Å²) < 4.78 is 0. The van der Waals surface area contributed by atoms with Gasteiger partial charge in [0, 0.05) is 25.0 Å². The Hall–Kier alpha value is -1.51. The molecule has 1 aromatic rings. The van der Waals surface area contributed by atoms with Gasteiger partial charge >= 0.3 is 6.03 Å². The number of rotatable bonds is 2. The van der Waals surface area contributed by atoms with Gasteiger partial charge in [0.1, 0.15) is 0 Å². The zero-order valence-corrected chi connectivity index (χ0v) is 12.8. The van der Waals surface area contributed by atoms with E-state index < -0.39 is 0 Å². The third-order valence-electron chi connectivity index (χ3n) is 4.91. The highest BCUT2D eigenvalue weighted by atomic mass is 16.2. The summed E-state index contributed by atoms with van der Waals surface area (Å²) in [5.74, 6) is 0.489. The van der Waals surface area contributed by atoms with Gasteiger partial charge in [-0.25, -0.2) is 4.79 Å². The Labute approximate surface area is 127 Å². The lowest BCUT2D eigenvalue weighted by atomic mass is 9.94. The van der Waals surface area contributed by atoms with E-state index in [-0.39, 0.29) is 6.03 Å². The third-order valence-corrected chi connectivity index (χ3v) is 4.91. The summed E-state index contributed by atoms with van der Waals surface area (Å²) in [5, 5.41) is 3.24. The van der Waals surface area contributed by atoms with Gasteiger partial charge in [-0.1, -0.05) is 49.6 Å². The van der Waals surface area contributed by atoms with Crippen molar-refractivity contribution in [3.63, 3.8) is 0 Å². The molecule has 1 N–H and O–H groups in total. The zero-order valence-electron chi connectivity index (χ0n) is 12.8. The topological polar surface area (TPSA) is 32.3 Å². The van der Waals surface area contributed by atoms with Crippen molar-refractivity contribution in [2.45, 2.75) is 56.9 Å². The van der Waals surface area contributed by atoms with E-state index in [0.29, 0.717) is 12.0 Å². The van der Waals surface area contributed by atoms with Crippen LogP contribution in [0.2, 0.25) is 0 Å². The first-order chi connectivity index (χ1) is 10.3. The van der Waals surface area contributed by atoms with E-state index in [2.05, 4.69) is 35.6 Å². The molecule has 3 rings (SSSR count). The monoisotopic (exact) mass is 286 g/mol. The maximum atomic E-state index is 12.5. The molecule has 1 saturated carbocycles. The molecule has 1 heterocycles. The summed E-state index contributed by atoms with van der Waals surface area (Å²) in [7, 11) is 0. The first-order valence-electron chi connectivity index (χ1n) is 8.43. The summed E-state index contributed by atoms with van der Waals surface area (Å²) >= 11 is 0. The smallest absolute Gasteiger partial charge is 0.317 e. The minimum absolute atomic E-state index is 0.157. The van der Waals surface area contributed by atoms with Gasteiger partial charge in [-0.05, 0) is 31.2 Å². The molecule has 2 aliphatic rings. The summed E-state index contributed by atoms with van der Waals surface area (Å²) in [6.45, 7) is 1.77. The fourth-order valence-electron chi connectivity index (χ4n) is 3.66. The number of likely N-dealkylation sites (tertiary alicyclic amines) is 1. The van der Waals surface area contributed by atoms with Gasteiger partial charge < -0.3 is 10.2 Å². The van der Waals surface area contributed by atoms with Crippen LogP contribution in [-0.2, 0) is 0 Å². The number of benzene rings is 1. The highest BCUT2D eigenvalue weighted by Crippen LogP contribution is 2.26. The first kappa shape index (κ1) is 14.4. The van der Waals surface area contributed by atoms with Gasteiger partial charge in [0.15, 0.2) is 0 Å². The van der Waals surface area contributed by atoms with Crippen LogP contribution in [0, 0.1) is 0 Å². The molecule has 0 bridgehead atoms. The Balaban J connectivity index is 1.63. The van der Waals surface area contributed by atoms with Gasteiger partial charge in [-0.3, -0.25) is 0 Å². The second kappa shape index (κ2) is 6.97. The molecule has 1 aliphatic heterocycles. The Morgan fingerprint density at radius 3 is 2.48 bits per heavy atom. The molecular formula is C18H26N2O. The minimum atomic E-state index is 0.157. The van der Waals surface area contributed by atoms with Gasteiger partial charge in [0.05, 0.1) is 0 Å². The summed E-state index contributed by atoms with van der Waals surface area (Å²) in [5.41, 5.74) is 1.37. The molecule has 0 radical (unpaired) electrons. The number of urea groups is 1. The second-order valence-electron chi connectivity index (χ2n) is 6.48. The molecule has 3 heteroatoms. The molecule has 0 spiro atoms. The van der Waals surface area contributed by atoms with Crippen LogP contribution in [0.4, 0.5) is 4.79 Å². The van der Waals surface area contributed by atoms with Crippen LogP contribution in [0.15, 0.2) is 30.3 Å². The number of nitrogens with one attached hydrogen (secondary N) is 1. The fourth-order valence-corrected chi connectivity index (χ4v) is 3.66. The molecule has 0 aromatic heterocycles. The van der Waals surface area contributed by atoms with E-state index >= 15 is 0 Å². The van der Waals surface area contributed by atoms with Gasteiger partial charge in [0.2, 0.25) is 0 Å². The van der Waals surface area contributed by atoms with Crippen molar-refractivity contribution < 1.29 is 4.79 Å². The van der Waals surface area contributed by atoms with E-state index in [1.807, 2.05) is 4.90 Å². The maximum Gasteiger partial charge on any atom is 0.317 e. The molecule has 114 valence electrons. The molecule has 1 aliphatic carbocycles. The largest absolute Gasteiger partial charge is 0.335 e. The van der Waals surface area contributed by atoms with Crippen LogP contribution in [0.3, 0.4) is 0 Å². The predicted molar refractivity (Wildman–Crippen MR) is 85.4 cm³/mol.